The van der Waals surface area contributed by atoms with Crippen LogP contribution in [0.5, 0.6) is 0 Å². The highest BCUT2D eigenvalue weighted by Gasteiger charge is 2.31. The van der Waals surface area contributed by atoms with Gasteiger partial charge < -0.3 is 10.2 Å². The topological polar surface area (TPSA) is 86.8 Å². The number of amides is 2. The van der Waals surface area contributed by atoms with Gasteiger partial charge in [-0.2, -0.15) is 0 Å². The third-order valence-electron chi connectivity index (χ3n) is 6.41. The lowest BCUT2D eigenvalue weighted by atomic mass is 9.95. The predicted molar refractivity (Wildman–Crippen MR) is 145 cm³/mol. The lowest BCUT2D eigenvalue weighted by Crippen LogP contribution is -2.52. The zero-order valence-corrected chi connectivity index (χ0v) is 23.2. The number of nitrogens with zero attached hydrogens (tertiary/aromatic N) is 2. The van der Waals surface area contributed by atoms with Gasteiger partial charge in [0.05, 0.1) is 11.9 Å². The van der Waals surface area contributed by atoms with Gasteiger partial charge in [0.2, 0.25) is 21.8 Å². The monoisotopic (exact) mass is 553 g/mol. The molecule has 0 saturated heterocycles. The van der Waals surface area contributed by atoms with Crippen LogP contribution in [-0.4, -0.2) is 50.0 Å². The second kappa shape index (κ2) is 12.3. The molecule has 36 heavy (non-hydrogen) atoms. The van der Waals surface area contributed by atoms with Crippen LogP contribution in [0.2, 0.25) is 10.0 Å². The van der Waals surface area contributed by atoms with Gasteiger partial charge in [0.15, 0.2) is 0 Å². The number of anilines is 1. The van der Waals surface area contributed by atoms with Gasteiger partial charge in [-0.15, -0.1) is 0 Å². The van der Waals surface area contributed by atoms with E-state index >= 15 is 0 Å². The van der Waals surface area contributed by atoms with Crippen LogP contribution >= 0.6 is 23.2 Å². The zero-order valence-electron chi connectivity index (χ0n) is 20.8. The van der Waals surface area contributed by atoms with E-state index in [9.17, 15) is 18.0 Å². The van der Waals surface area contributed by atoms with Crippen molar-refractivity contribution in [1.82, 2.24) is 10.2 Å². The summed E-state index contributed by atoms with van der Waals surface area (Å²) in [5.41, 5.74) is 2.08. The van der Waals surface area contributed by atoms with Gasteiger partial charge in [0.1, 0.15) is 12.6 Å². The second-order valence-corrected chi connectivity index (χ2v) is 12.2. The number of hydrogen-bond acceptors (Lipinski definition) is 4. The molecule has 0 unspecified atom stereocenters. The molecule has 1 aliphatic carbocycles. The Morgan fingerprint density at radius 3 is 2.17 bits per heavy atom. The van der Waals surface area contributed by atoms with E-state index in [0.717, 1.165) is 53.8 Å². The van der Waals surface area contributed by atoms with Crippen LogP contribution in [0, 0.1) is 6.92 Å². The smallest absolute Gasteiger partial charge is 0.244 e. The average molecular weight is 555 g/mol. The van der Waals surface area contributed by atoms with E-state index in [4.69, 9.17) is 23.2 Å². The number of carbonyl (C=O) groups excluding carboxylic acids is 2. The van der Waals surface area contributed by atoms with Crippen LogP contribution in [0.3, 0.4) is 0 Å². The van der Waals surface area contributed by atoms with Crippen LogP contribution in [-0.2, 0) is 26.2 Å². The summed E-state index contributed by atoms with van der Waals surface area (Å²) < 4.78 is 26.3. The van der Waals surface area contributed by atoms with Crippen LogP contribution in [0.1, 0.15) is 50.2 Å². The Bertz CT molecular complexity index is 1160. The molecule has 10 heteroatoms. The fourth-order valence-electron chi connectivity index (χ4n) is 4.34. The lowest BCUT2D eigenvalue weighted by molar-refractivity contribution is -0.139. The normalized spacial score (nSPS) is 15.2. The Morgan fingerprint density at radius 1 is 1.03 bits per heavy atom. The third kappa shape index (κ3) is 7.85. The van der Waals surface area contributed by atoms with Gasteiger partial charge in [-0.05, 0) is 50.5 Å². The number of sulfonamides is 1. The quantitative estimate of drug-likeness (QED) is 0.476. The van der Waals surface area contributed by atoms with E-state index in [1.165, 1.54) is 23.1 Å². The van der Waals surface area contributed by atoms with Crippen molar-refractivity contribution < 1.29 is 18.0 Å². The van der Waals surface area contributed by atoms with E-state index in [-0.39, 0.29) is 34.2 Å². The van der Waals surface area contributed by atoms with Crippen LogP contribution in [0.4, 0.5) is 5.69 Å². The largest absolute Gasteiger partial charge is 0.352 e. The summed E-state index contributed by atoms with van der Waals surface area (Å²) in [6, 6.07) is 11.3. The highest BCUT2D eigenvalue weighted by atomic mass is 35.5. The summed E-state index contributed by atoms with van der Waals surface area (Å²) >= 11 is 12.2. The number of rotatable bonds is 9. The molecule has 1 N–H and O–H groups in total. The molecule has 0 radical (unpaired) electrons. The average Bonchev–Trinajstić information content (AvgIpc) is 2.80. The molecule has 2 amide bonds. The second-order valence-electron chi connectivity index (χ2n) is 9.42. The minimum Gasteiger partial charge on any atom is -0.352 e. The maximum atomic E-state index is 13.6. The van der Waals surface area contributed by atoms with Gasteiger partial charge in [-0.25, -0.2) is 8.42 Å². The maximum absolute atomic E-state index is 13.6. The predicted octanol–water partition coefficient (Wildman–Crippen LogP) is 4.93. The van der Waals surface area contributed by atoms with Crippen molar-refractivity contribution >= 4 is 50.7 Å². The number of nitrogens with one attached hydrogen (secondary N) is 1. The number of hydrogen-bond donors (Lipinski definition) is 1. The Balaban J connectivity index is 1.88. The number of carbonyl (C=O) groups is 2. The third-order valence-corrected chi connectivity index (χ3v) is 7.98. The molecule has 0 aliphatic heterocycles. The summed E-state index contributed by atoms with van der Waals surface area (Å²) in [6.07, 6.45) is 6.14. The van der Waals surface area contributed by atoms with Crippen LogP contribution < -0.4 is 9.62 Å². The Kier molecular flexibility index (Phi) is 9.66. The first kappa shape index (κ1) is 28.3. The molecular formula is C26H33Cl2N3O4S. The van der Waals surface area contributed by atoms with E-state index in [0.29, 0.717) is 0 Å². The van der Waals surface area contributed by atoms with Crippen molar-refractivity contribution in [3.8, 4) is 0 Å². The highest BCUT2D eigenvalue weighted by molar-refractivity contribution is 7.92. The van der Waals surface area contributed by atoms with Gasteiger partial charge in [-0.3, -0.25) is 13.9 Å². The van der Waals surface area contributed by atoms with Crippen molar-refractivity contribution in [1.29, 1.82) is 0 Å². The molecule has 7 nitrogen and oxygen atoms in total. The van der Waals surface area contributed by atoms with Crippen molar-refractivity contribution in [2.45, 2.75) is 64.6 Å². The number of aryl methyl sites for hydroxylation is 1. The van der Waals surface area contributed by atoms with E-state index in [1.54, 1.807) is 6.92 Å². The van der Waals surface area contributed by atoms with Crippen molar-refractivity contribution in [3.63, 3.8) is 0 Å². The maximum Gasteiger partial charge on any atom is 0.244 e. The fraction of sp³-hybridized carbons (Fsp3) is 0.462. The molecular weight excluding hydrogens is 521 g/mol. The van der Waals surface area contributed by atoms with E-state index in [2.05, 4.69) is 5.32 Å². The van der Waals surface area contributed by atoms with Crippen molar-refractivity contribution in [2.24, 2.45) is 0 Å². The fourth-order valence-corrected chi connectivity index (χ4v) is 5.69. The summed E-state index contributed by atoms with van der Waals surface area (Å²) in [7, 11) is -3.86. The molecule has 3 rings (SSSR count). The highest BCUT2D eigenvalue weighted by Crippen LogP contribution is 2.27. The molecule has 0 heterocycles. The summed E-state index contributed by atoms with van der Waals surface area (Å²) in [6.45, 7) is 3.30. The molecule has 2 aromatic carbocycles. The standard InChI is InChI=1S/C26H33Cl2N3O4S/c1-18-9-11-20(12-10-18)16-30(19(2)26(33)29-23-7-5-4-6-8-23)25(32)17-31(36(3,34)35)24-14-21(27)13-22(28)15-24/h9-15,19,23H,4-8,16-17H2,1-3H3,(H,29,33)/t19-/m1/s1. The summed E-state index contributed by atoms with van der Waals surface area (Å²) in [5, 5.41) is 3.57. The Labute approximate surface area is 223 Å². The Hall–Kier alpha value is -2.29. The van der Waals surface area contributed by atoms with E-state index < -0.39 is 28.5 Å². The van der Waals surface area contributed by atoms with Gasteiger partial charge in [0, 0.05) is 22.6 Å². The van der Waals surface area contributed by atoms with Gasteiger partial charge in [-0.1, -0.05) is 72.3 Å². The van der Waals surface area contributed by atoms with Crippen molar-refractivity contribution in [2.75, 3.05) is 17.1 Å². The van der Waals surface area contributed by atoms with Crippen LogP contribution in [0.15, 0.2) is 42.5 Å². The molecule has 0 aromatic heterocycles. The number of benzene rings is 2. The molecule has 1 fully saturated rings. The SMILES string of the molecule is Cc1ccc(CN(C(=O)CN(c2cc(Cl)cc(Cl)c2)S(C)(=O)=O)[C@H](C)C(=O)NC2CCCCC2)cc1. The molecule has 1 atom stereocenters. The first-order chi connectivity index (χ1) is 16.9. The molecule has 1 aliphatic rings. The molecule has 0 spiro atoms. The molecule has 0 bridgehead atoms. The zero-order chi connectivity index (χ0) is 26.5. The first-order valence-electron chi connectivity index (χ1n) is 12.0. The minimum absolute atomic E-state index is 0.0890. The van der Waals surface area contributed by atoms with Crippen molar-refractivity contribution in [3.05, 3.63) is 63.6 Å². The molecule has 196 valence electrons. The van der Waals surface area contributed by atoms with Gasteiger partial charge in [0.25, 0.3) is 0 Å². The minimum atomic E-state index is -3.86. The molecule has 2 aromatic rings. The lowest BCUT2D eigenvalue weighted by Gasteiger charge is -2.33. The Morgan fingerprint density at radius 2 is 1.61 bits per heavy atom. The summed E-state index contributed by atoms with van der Waals surface area (Å²) in [4.78, 5) is 28.2. The van der Waals surface area contributed by atoms with Gasteiger partial charge >= 0.3 is 0 Å². The summed E-state index contributed by atoms with van der Waals surface area (Å²) in [5.74, 6) is -0.762. The number of halogens is 2. The van der Waals surface area contributed by atoms with E-state index in [1.807, 2.05) is 31.2 Å². The van der Waals surface area contributed by atoms with Crippen LogP contribution in [0.25, 0.3) is 0 Å². The first-order valence-corrected chi connectivity index (χ1v) is 14.6. The molecule has 1 saturated carbocycles.